The van der Waals surface area contributed by atoms with Gasteiger partial charge in [-0.3, -0.25) is 4.79 Å². The van der Waals surface area contributed by atoms with Crippen LogP contribution in [0.15, 0.2) is 22.7 Å². The van der Waals surface area contributed by atoms with Crippen molar-refractivity contribution < 1.29 is 9.18 Å². The number of hydrogen-bond donors (Lipinski definition) is 0. The molecule has 1 rings (SSSR count). The highest BCUT2D eigenvalue weighted by Gasteiger charge is 1.97. The minimum atomic E-state index is -0.350. The summed E-state index contributed by atoms with van der Waals surface area (Å²) in [5, 5.41) is 0. The summed E-state index contributed by atoms with van der Waals surface area (Å²) in [4.78, 5) is 10.2. The molecule has 1 aromatic rings. The molecule has 0 amide bonds. The van der Waals surface area contributed by atoms with Gasteiger partial charge in [0.25, 0.3) is 0 Å². The van der Waals surface area contributed by atoms with Crippen LogP contribution in [0.2, 0.25) is 0 Å². The lowest BCUT2D eigenvalue weighted by atomic mass is 10.2. The molecule has 0 aromatic heterocycles. The van der Waals surface area contributed by atoms with Gasteiger partial charge in [-0.25, -0.2) is 4.39 Å². The van der Waals surface area contributed by atoms with Crippen molar-refractivity contribution in [2.24, 2.45) is 0 Å². The topological polar surface area (TPSA) is 17.1 Å². The molecule has 0 aliphatic carbocycles. The van der Waals surface area contributed by atoms with E-state index in [0.717, 1.165) is 0 Å². The van der Waals surface area contributed by atoms with E-state index >= 15 is 0 Å². The molecule has 3 heteroatoms. The summed E-state index contributed by atoms with van der Waals surface area (Å²) >= 11 is 3.04. The van der Waals surface area contributed by atoms with Crippen molar-refractivity contribution in [3.63, 3.8) is 0 Å². The number of halogens is 2. The molecule has 0 fully saturated rings. The first kappa shape index (κ1) is 11.3. The van der Waals surface area contributed by atoms with Gasteiger partial charge >= 0.3 is 0 Å². The van der Waals surface area contributed by atoms with E-state index in [2.05, 4.69) is 15.9 Å². The Morgan fingerprint density at radius 3 is 2.42 bits per heavy atom. The smallest absolute Gasteiger partial charge is 0.151 e. The van der Waals surface area contributed by atoms with Crippen LogP contribution in [0, 0.1) is 5.82 Å². The summed E-state index contributed by atoms with van der Waals surface area (Å²) in [5.74, 6) is -0.350. The van der Waals surface area contributed by atoms with E-state index in [0.29, 0.717) is 16.3 Å². The summed E-state index contributed by atoms with van der Waals surface area (Å²) in [5.41, 5.74) is 0.460. The van der Waals surface area contributed by atoms with Crippen LogP contribution in [0.5, 0.6) is 0 Å². The molecule has 0 aliphatic heterocycles. The lowest BCUT2D eigenvalue weighted by Gasteiger charge is -1.93. The fourth-order valence-corrected chi connectivity index (χ4v) is 1.04. The highest BCUT2D eigenvalue weighted by atomic mass is 79.9. The third kappa shape index (κ3) is 3.13. The van der Waals surface area contributed by atoms with E-state index < -0.39 is 0 Å². The average Bonchev–Trinajstić information content (AvgIpc) is 2.08. The molecule has 0 unspecified atom stereocenters. The van der Waals surface area contributed by atoms with Crippen molar-refractivity contribution in [2.45, 2.75) is 13.8 Å². The largest absolute Gasteiger partial charge is 0.298 e. The van der Waals surface area contributed by atoms with Crippen molar-refractivity contribution in [2.75, 3.05) is 0 Å². The summed E-state index contributed by atoms with van der Waals surface area (Å²) in [6.07, 6.45) is 0.670. The molecule has 1 aromatic carbocycles. The summed E-state index contributed by atoms with van der Waals surface area (Å²) in [7, 11) is 0. The fraction of sp³-hybridized carbons (Fsp3) is 0.222. The first-order chi connectivity index (χ1) is 5.74. The van der Waals surface area contributed by atoms with Gasteiger partial charge in [-0.05, 0) is 34.1 Å². The average molecular weight is 233 g/mol. The first-order valence-electron chi connectivity index (χ1n) is 3.64. The Hall–Kier alpha value is -0.700. The zero-order chi connectivity index (χ0) is 9.56. The Morgan fingerprint density at radius 2 is 2.00 bits per heavy atom. The van der Waals surface area contributed by atoms with Crippen LogP contribution < -0.4 is 0 Å². The Labute approximate surface area is 79.7 Å². The van der Waals surface area contributed by atoms with Crippen molar-refractivity contribution in [1.29, 1.82) is 0 Å². The number of aldehydes is 1. The number of carbonyl (C=O) groups is 1. The molecule has 0 spiro atoms. The minimum absolute atomic E-state index is 0.350. The van der Waals surface area contributed by atoms with Crippen molar-refractivity contribution >= 4 is 22.2 Å². The molecule has 0 bridgehead atoms. The van der Waals surface area contributed by atoms with Crippen LogP contribution >= 0.6 is 15.9 Å². The summed E-state index contributed by atoms with van der Waals surface area (Å²) in [6, 6.07) is 3.92. The van der Waals surface area contributed by atoms with Gasteiger partial charge in [0.2, 0.25) is 0 Å². The van der Waals surface area contributed by atoms with Crippen LogP contribution in [-0.4, -0.2) is 6.29 Å². The van der Waals surface area contributed by atoms with Crippen LogP contribution in [0.4, 0.5) is 4.39 Å². The van der Waals surface area contributed by atoms with E-state index in [1.165, 1.54) is 18.2 Å². The molecular formula is C9H10BrFO. The SMILES string of the molecule is CC.O=Cc1ccc(F)cc1Br. The molecule has 0 heterocycles. The lowest BCUT2D eigenvalue weighted by Crippen LogP contribution is -1.82. The van der Waals surface area contributed by atoms with E-state index in [4.69, 9.17) is 0 Å². The van der Waals surface area contributed by atoms with Gasteiger partial charge in [-0.15, -0.1) is 0 Å². The lowest BCUT2D eigenvalue weighted by molar-refractivity contribution is 0.112. The Morgan fingerprint density at radius 1 is 1.42 bits per heavy atom. The molecule has 1 nitrogen and oxygen atoms in total. The number of benzene rings is 1. The van der Waals surface area contributed by atoms with Crippen molar-refractivity contribution in [3.05, 3.63) is 34.1 Å². The molecule has 0 atom stereocenters. The van der Waals surface area contributed by atoms with Crippen molar-refractivity contribution in [1.82, 2.24) is 0 Å². The van der Waals surface area contributed by atoms with Gasteiger partial charge in [0.15, 0.2) is 6.29 Å². The highest BCUT2D eigenvalue weighted by Crippen LogP contribution is 2.15. The van der Waals surface area contributed by atoms with Crippen LogP contribution in [0.25, 0.3) is 0 Å². The Kier molecular flexibility index (Phi) is 5.54. The van der Waals surface area contributed by atoms with Gasteiger partial charge in [0, 0.05) is 10.0 Å². The van der Waals surface area contributed by atoms with E-state index in [9.17, 15) is 9.18 Å². The minimum Gasteiger partial charge on any atom is -0.298 e. The standard InChI is InChI=1S/C7H4BrFO.C2H6/c8-7-3-6(9)2-1-5(7)4-10;1-2/h1-4H;1-2H3. The van der Waals surface area contributed by atoms with Gasteiger partial charge in [0.05, 0.1) is 0 Å². The second-order valence-electron chi connectivity index (χ2n) is 1.78. The Balaban J connectivity index is 0.000000561. The van der Waals surface area contributed by atoms with E-state index in [1.54, 1.807) is 0 Å². The first-order valence-corrected chi connectivity index (χ1v) is 4.43. The normalized spacial score (nSPS) is 8.33. The van der Waals surface area contributed by atoms with E-state index in [1.807, 2.05) is 13.8 Å². The molecule has 0 saturated heterocycles. The Bertz CT molecular complexity index is 261. The summed E-state index contributed by atoms with van der Waals surface area (Å²) in [6.45, 7) is 4.00. The molecular weight excluding hydrogens is 223 g/mol. The maximum absolute atomic E-state index is 12.3. The maximum atomic E-state index is 12.3. The fourth-order valence-electron chi connectivity index (χ4n) is 0.597. The molecule has 0 radical (unpaired) electrons. The second kappa shape index (κ2) is 5.89. The molecule has 0 N–H and O–H groups in total. The quantitative estimate of drug-likeness (QED) is 0.679. The van der Waals surface area contributed by atoms with Gasteiger partial charge in [-0.2, -0.15) is 0 Å². The van der Waals surface area contributed by atoms with E-state index in [-0.39, 0.29) is 5.82 Å². The highest BCUT2D eigenvalue weighted by molar-refractivity contribution is 9.10. The zero-order valence-electron chi connectivity index (χ0n) is 6.97. The molecule has 66 valence electrons. The third-order valence-electron chi connectivity index (χ3n) is 1.09. The molecule has 0 saturated carbocycles. The predicted molar refractivity (Wildman–Crippen MR) is 50.8 cm³/mol. The predicted octanol–water partition coefficient (Wildman–Crippen LogP) is 3.43. The van der Waals surface area contributed by atoms with Crippen LogP contribution in [0.3, 0.4) is 0 Å². The summed E-state index contributed by atoms with van der Waals surface area (Å²) < 4.78 is 12.8. The van der Waals surface area contributed by atoms with Crippen LogP contribution in [-0.2, 0) is 0 Å². The number of rotatable bonds is 1. The number of carbonyl (C=O) groups excluding carboxylic acids is 1. The van der Waals surface area contributed by atoms with Gasteiger partial charge < -0.3 is 0 Å². The molecule has 12 heavy (non-hydrogen) atoms. The second-order valence-corrected chi connectivity index (χ2v) is 2.64. The van der Waals surface area contributed by atoms with Gasteiger partial charge in [-0.1, -0.05) is 13.8 Å². The maximum Gasteiger partial charge on any atom is 0.151 e. The third-order valence-corrected chi connectivity index (χ3v) is 1.78. The zero-order valence-corrected chi connectivity index (χ0v) is 8.56. The molecule has 0 aliphatic rings. The van der Waals surface area contributed by atoms with Crippen molar-refractivity contribution in [3.8, 4) is 0 Å². The number of hydrogen-bond acceptors (Lipinski definition) is 1. The van der Waals surface area contributed by atoms with Gasteiger partial charge in [0.1, 0.15) is 5.82 Å². The monoisotopic (exact) mass is 232 g/mol. The van der Waals surface area contributed by atoms with Crippen LogP contribution in [0.1, 0.15) is 24.2 Å².